The molecule has 0 bridgehead atoms. The van der Waals surface area contributed by atoms with Crippen LogP contribution in [0.25, 0.3) is 6.08 Å². The number of ether oxygens (including phenoxy) is 1. The average Bonchev–Trinajstić information content (AvgIpc) is 2.95. The Morgan fingerprint density at radius 2 is 2.32 bits per heavy atom. The van der Waals surface area contributed by atoms with Crippen LogP contribution in [0.2, 0.25) is 0 Å². The largest absolute Gasteiger partial charge is 0.464 e. The van der Waals surface area contributed by atoms with Gasteiger partial charge in [0.25, 0.3) is 0 Å². The number of carbonyl (C=O) groups is 2. The summed E-state index contributed by atoms with van der Waals surface area (Å²) in [6.07, 6.45) is 3.77. The molecule has 8 heteroatoms. The molecule has 1 amide bonds. The molecule has 2 aliphatic rings. The van der Waals surface area contributed by atoms with E-state index in [0.29, 0.717) is 11.4 Å². The van der Waals surface area contributed by atoms with E-state index in [1.807, 2.05) is 19.1 Å². The molecule has 0 aliphatic carbocycles. The second-order valence-corrected chi connectivity index (χ2v) is 6.93. The quantitative estimate of drug-likeness (QED) is 0.657. The van der Waals surface area contributed by atoms with Crippen LogP contribution in [0.4, 0.5) is 0 Å². The molecule has 2 unspecified atom stereocenters. The fourth-order valence-electron chi connectivity index (χ4n) is 2.40. The first-order chi connectivity index (χ1) is 10.5. The maximum atomic E-state index is 12.1. The van der Waals surface area contributed by atoms with Crippen LogP contribution in [-0.4, -0.2) is 46.0 Å². The summed E-state index contributed by atoms with van der Waals surface area (Å²) >= 11 is 3.08. The fraction of sp³-hybridized carbons (Fsp3) is 0.357. The topological polar surface area (TPSA) is 85.5 Å². The van der Waals surface area contributed by atoms with Gasteiger partial charge in [0, 0.05) is 10.6 Å². The third-order valence-electron chi connectivity index (χ3n) is 3.64. The monoisotopic (exact) mass is 337 g/mol. The average molecular weight is 337 g/mol. The minimum absolute atomic E-state index is 0.177. The predicted octanol–water partition coefficient (Wildman–Crippen LogP) is 1.13. The summed E-state index contributed by atoms with van der Waals surface area (Å²) in [5.41, 5.74) is 9.56. The zero-order valence-electron chi connectivity index (χ0n) is 12.1. The smallest absolute Gasteiger partial charge is 0.355 e. The number of amides is 1. The molecule has 6 nitrogen and oxygen atoms in total. The van der Waals surface area contributed by atoms with E-state index in [4.69, 9.17) is 10.5 Å². The molecule has 2 aliphatic heterocycles. The first-order valence-corrected chi connectivity index (χ1v) is 8.57. The van der Waals surface area contributed by atoms with Crippen molar-refractivity contribution in [3.63, 3.8) is 0 Å². The minimum atomic E-state index is -0.543. The van der Waals surface area contributed by atoms with Crippen molar-refractivity contribution in [3.8, 4) is 0 Å². The van der Waals surface area contributed by atoms with E-state index < -0.39 is 12.0 Å². The van der Waals surface area contributed by atoms with Gasteiger partial charge >= 0.3 is 5.97 Å². The van der Waals surface area contributed by atoms with E-state index >= 15 is 0 Å². The Bertz CT molecular complexity index is 695. The van der Waals surface area contributed by atoms with Gasteiger partial charge in [0.05, 0.1) is 18.3 Å². The predicted molar refractivity (Wildman–Crippen MR) is 86.0 cm³/mol. The third-order valence-corrected chi connectivity index (χ3v) is 5.86. The number of nitrogens with two attached hydrogens (primary N) is 1. The van der Waals surface area contributed by atoms with Gasteiger partial charge in [0.1, 0.15) is 17.1 Å². The number of nitrogens with zero attached hydrogens (tertiary/aromatic N) is 2. The summed E-state index contributed by atoms with van der Waals surface area (Å²) < 4.78 is 4.83. The Kier molecular flexibility index (Phi) is 4.07. The summed E-state index contributed by atoms with van der Waals surface area (Å²) in [7, 11) is 1.31. The highest BCUT2D eigenvalue weighted by Crippen LogP contribution is 2.40. The third kappa shape index (κ3) is 2.37. The summed E-state index contributed by atoms with van der Waals surface area (Å²) in [4.78, 5) is 30.7. The summed E-state index contributed by atoms with van der Waals surface area (Å²) in [6.45, 7) is 1.93. The van der Waals surface area contributed by atoms with Crippen molar-refractivity contribution >= 4 is 41.1 Å². The molecule has 0 saturated carbocycles. The number of fused-ring (bicyclic) bond motifs is 1. The molecule has 2 atom stereocenters. The number of methoxy groups -OCH3 is 1. The van der Waals surface area contributed by atoms with E-state index in [1.54, 1.807) is 17.3 Å². The molecule has 0 aromatic carbocycles. The van der Waals surface area contributed by atoms with Crippen LogP contribution in [0.1, 0.15) is 10.6 Å². The number of thiazole rings is 1. The van der Waals surface area contributed by atoms with E-state index in [-0.39, 0.29) is 11.3 Å². The van der Waals surface area contributed by atoms with Gasteiger partial charge < -0.3 is 10.5 Å². The highest BCUT2D eigenvalue weighted by Gasteiger charge is 2.51. The minimum Gasteiger partial charge on any atom is -0.464 e. The molecule has 0 radical (unpaired) electrons. The maximum Gasteiger partial charge on any atom is 0.355 e. The van der Waals surface area contributed by atoms with Crippen molar-refractivity contribution in [2.45, 2.75) is 18.3 Å². The molecule has 1 fully saturated rings. The number of allylic oxidation sites excluding steroid dienone is 1. The Morgan fingerprint density at radius 3 is 2.95 bits per heavy atom. The molecule has 1 aromatic rings. The van der Waals surface area contributed by atoms with Gasteiger partial charge in [-0.25, -0.2) is 9.78 Å². The number of aromatic nitrogens is 1. The van der Waals surface area contributed by atoms with Gasteiger partial charge in [-0.05, 0) is 18.6 Å². The highest BCUT2D eigenvalue weighted by molar-refractivity contribution is 8.00. The van der Waals surface area contributed by atoms with Crippen LogP contribution in [0.3, 0.4) is 0 Å². The number of esters is 1. The van der Waals surface area contributed by atoms with Crippen LogP contribution in [0, 0.1) is 6.92 Å². The van der Waals surface area contributed by atoms with Gasteiger partial charge in [-0.3, -0.25) is 9.69 Å². The Hall–Kier alpha value is -1.64. The second kappa shape index (κ2) is 5.86. The molecule has 0 spiro atoms. The summed E-state index contributed by atoms with van der Waals surface area (Å²) in [5, 5.41) is -0.177. The van der Waals surface area contributed by atoms with Crippen molar-refractivity contribution < 1.29 is 14.3 Å². The molecular weight excluding hydrogens is 322 g/mol. The number of aryl methyl sites for hydroxylation is 1. The summed E-state index contributed by atoms with van der Waals surface area (Å²) in [6, 6.07) is -0.543. The molecule has 1 saturated heterocycles. The lowest BCUT2D eigenvalue weighted by atomic mass is 10.0. The molecule has 2 N–H and O–H groups in total. The molecule has 116 valence electrons. The van der Waals surface area contributed by atoms with Crippen LogP contribution < -0.4 is 5.73 Å². The first-order valence-electron chi connectivity index (χ1n) is 6.64. The Labute approximate surface area is 136 Å². The lowest BCUT2D eigenvalue weighted by Crippen LogP contribution is -2.68. The van der Waals surface area contributed by atoms with Crippen molar-refractivity contribution in [1.82, 2.24) is 9.88 Å². The highest BCUT2D eigenvalue weighted by atomic mass is 32.2. The molecule has 3 heterocycles. The normalized spacial score (nSPS) is 24.5. The Morgan fingerprint density at radius 1 is 1.55 bits per heavy atom. The SMILES string of the molecule is COC(=O)C1=C(/C=C\c2scnc2C)CSC2C(N)C(=O)N12. The second-order valence-electron chi connectivity index (χ2n) is 4.94. The van der Waals surface area contributed by atoms with E-state index in [2.05, 4.69) is 4.98 Å². The molecule has 22 heavy (non-hydrogen) atoms. The number of β-lactam (4-membered cyclic amide) rings is 1. The van der Waals surface area contributed by atoms with Gasteiger partial charge in [0.15, 0.2) is 0 Å². The lowest BCUT2D eigenvalue weighted by Gasteiger charge is -2.47. The number of carbonyl (C=O) groups excluding carboxylic acids is 2. The van der Waals surface area contributed by atoms with Gasteiger partial charge in [0.2, 0.25) is 5.91 Å². The number of thioether (sulfide) groups is 1. The van der Waals surface area contributed by atoms with E-state index in [9.17, 15) is 9.59 Å². The van der Waals surface area contributed by atoms with E-state index in [1.165, 1.54) is 23.3 Å². The van der Waals surface area contributed by atoms with Crippen LogP contribution in [0.15, 0.2) is 22.9 Å². The van der Waals surface area contributed by atoms with Crippen LogP contribution in [-0.2, 0) is 14.3 Å². The fourth-order valence-corrected chi connectivity index (χ4v) is 4.36. The standard InChI is InChI=1S/C14H15N3O3S2/c1-7-9(22-6-16-7)4-3-8-5-21-13-10(15)12(18)17(13)11(8)14(19)20-2/h3-4,6,10,13H,5,15H2,1-2H3/b4-3-. The van der Waals surface area contributed by atoms with Crippen molar-refractivity contribution in [2.24, 2.45) is 5.73 Å². The lowest BCUT2D eigenvalue weighted by molar-refractivity contribution is -0.149. The van der Waals surface area contributed by atoms with E-state index in [0.717, 1.165) is 16.1 Å². The van der Waals surface area contributed by atoms with Gasteiger partial charge in [-0.1, -0.05) is 6.08 Å². The zero-order chi connectivity index (χ0) is 15.9. The molecule has 3 rings (SSSR count). The van der Waals surface area contributed by atoms with Crippen LogP contribution in [0.5, 0.6) is 0 Å². The zero-order valence-corrected chi connectivity index (χ0v) is 13.7. The van der Waals surface area contributed by atoms with Gasteiger partial charge in [-0.15, -0.1) is 23.1 Å². The number of hydrogen-bond acceptors (Lipinski definition) is 7. The summed E-state index contributed by atoms with van der Waals surface area (Å²) in [5.74, 6) is -0.135. The molecule has 1 aromatic heterocycles. The molecular formula is C14H15N3O3S2. The number of rotatable bonds is 3. The first kappa shape index (κ1) is 15.3. The van der Waals surface area contributed by atoms with Crippen LogP contribution >= 0.6 is 23.1 Å². The Balaban J connectivity index is 1.96. The van der Waals surface area contributed by atoms with Crippen molar-refractivity contribution in [2.75, 3.05) is 12.9 Å². The maximum absolute atomic E-state index is 12.1. The van der Waals surface area contributed by atoms with Crippen molar-refractivity contribution in [3.05, 3.63) is 33.4 Å². The van der Waals surface area contributed by atoms with Gasteiger partial charge in [-0.2, -0.15) is 0 Å². The van der Waals surface area contributed by atoms with Crippen molar-refractivity contribution in [1.29, 1.82) is 0 Å². The number of hydrogen-bond donors (Lipinski definition) is 1.